The lowest BCUT2D eigenvalue weighted by molar-refractivity contribution is 0.0949. The molecule has 0 saturated carbocycles. The maximum atomic E-state index is 12.2. The third-order valence-electron chi connectivity index (χ3n) is 2.96. The van der Waals surface area contributed by atoms with E-state index in [-0.39, 0.29) is 11.8 Å². The summed E-state index contributed by atoms with van der Waals surface area (Å²) in [5, 5.41) is 7.86. The Balaban J connectivity index is 1.73. The number of thiazole rings is 1. The normalized spacial score (nSPS) is 13.7. The molecule has 8 heteroatoms. The fraction of sp³-hybridized carbons (Fsp3) is 0.308. The summed E-state index contributed by atoms with van der Waals surface area (Å²) in [5.74, 6) is -0.332. The van der Waals surface area contributed by atoms with Crippen LogP contribution in [0.15, 0.2) is 11.4 Å². The third-order valence-corrected chi connectivity index (χ3v) is 4.95. The second-order valence-corrected chi connectivity index (χ2v) is 6.42. The minimum Gasteiger partial charge on any atom is -0.380 e. The quantitative estimate of drug-likeness (QED) is 0.900. The zero-order valence-corrected chi connectivity index (χ0v) is 12.9. The molecular formula is C13H13N3O3S2. The van der Waals surface area contributed by atoms with Gasteiger partial charge in [-0.2, -0.15) is 0 Å². The molecule has 3 heterocycles. The predicted octanol–water partition coefficient (Wildman–Crippen LogP) is 1.89. The summed E-state index contributed by atoms with van der Waals surface area (Å²) in [7, 11) is 1.61. The van der Waals surface area contributed by atoms with Gasteiger partial charge in [-0.1, -0.05) is 11.3 Å². The van der Waals surface area contributed by atoms with Crippen LogP contribution in [0.3, 0.4) is 0 Å². The molecule has 0 aliphatic carbocycles. The van der Waals surface area contributed by atoms with E-state index in [4.69, 9.17) is 4.74 Å². The Bertz CT molecular complexity index is 693. The Morgan fingerprint density at radius 2 is 2.43 bits per heavy atom. The highest BCUT2D eigenvalue weighted by molar-refractivity contribution is 7.18. The van der Waals surface area contributed by atoms with Gasteiger partial charge in [0.05, 0.1) is 17.2 Å². The summed E-state index contributed by atoms with van der Waals surface area (Å²) in [6, 6.07) is 1.80. The zero-order chi connectivity index (χ0) is 14.8. The predicted molar refractivity (Wildman–Crippen MR) is 81.1 cm³/mol. The van der Waals surface area contributed by atoms with Gasteiger partial charge in [0.15, 0.2) is 5.13 Å². The number of hydrogen-bond donors (Lipinski definition) is 2. The number of nitrogens with zero attached hydrogens (tertiary/aromatic N) is 1. The molecule has 2 aromatic heterocycles. The third kappa shape index (κ3) is 2.97. The van der Waals surface area contributed by atoms with Crippen LogP contribution in [0.2, 0.25) is 0 Å². The number of carbonyl (C=O) groups is 2. The molecule has 0 bridgehead atoms. The van der Waals surface area contributed by atoms with Gasteiger partial charge in [-0.3, -0.25) is 14.9 Å². The number of fused-ring (bicyclic) bond motifs is 1. The average molecular weight is 323 g/mol. The number of carbonyl (C=O) groups excluding carboxylic acids is 2. The molecule has 110 valence electrons. The molecule has 2 aromatic rings. The summed E-state index contributed by atoms with van der Waals surface area (Å²) in [6.45, 7) is 1.07. The minimum atomic E-state index is -0.214. The van der Waals surface area contributed by atoms with Gasteiger partial charge in [-0.25, -0.2) is 4.98 Å². The van der Waals surface area contributed by atoms with Crippen LogP contribution in [0, 0.1) is 0 Å². The van der Waals surface area contributed by atoms with Crippen molar-refractivity contribution in [3.63, 3.8) is 0 Å². The molecule has 0 atom stereocenters. The molecule has 1 aliphatic heterocycles. The summed E-state index contributed by atoms with van der Waals surface area (Å²) in [6.07, 6.45) is 0.699. The molecule has 2 N–H and O–H groups in total. The molecule has 6 nitrogen and oxygen atoms in total. The van der Waals surface area contributed by atoms with E-state index in [2.05, 4.69) is 15.6 Å². The lowest BCUT2D eigenvalue weighted by Gasteiger charge is -2.09. The Morgan fingerprint density at radius 1 is 1.57 bits per heavy atom. The molecule has 0 radical (unpaired) electrons. The first-order valence-electron chi connectivity index (χ1n) is 6.33. The summed E-state index contributed by atoms with van der Waals surface area (Å²) < 4.78 is 5.03. The van der Waals surface area contributed by atoms with Crippen molar-refractivity contribution >= 4 is 39.6 Å². The lowest BCUT2D eigenvalue weighted by Crippen LogP contribution is -2.30. The van der Waals surface area contributed by atoms with Crippen LogP contribution in [-0.4, -0.2) is 30.5 Å². The fourth-order valence-corrected chi connectivity index (χ4v) is 3.74. The maximum Gasteiger partial charge on any atom is 0.267 e. The van der Waals surface area contributed by atoms with Crippen molar-refractivity contribution in [2.75, 3.05) is 19.0 Å². The number of ether oxygens (including phenoxy) is 1. The highest BCUT2D eigenvalue weighted by Gasteiger charge is 2.22. The van der Waals surface area contributed by atoms with Crippen molar-refractivity contribution in [1.29, 1.82) is 0 Å². The SMILES string of the molecule is COCc1csc(C(=O)Nc2nc3c(s2)C(=O)NCC3)c1. The smallest absolute Gasteiger partial charge is 0.267 e. The lowest BCUT2D eigenvalue weighted by atomic mass is 10.2. The number of amides is 2. The Labute approximate surface area is 129 Å². The molecule has 2 amide bonds. The summed E-state index contributed by atoms with van der Waals surface area (Å²) in [4.78, 5) is 29.3. The van der Waals surface area contributed by atoms with Gasteiger partial charge < -0.3 is 10.1 Å². The van der Waals surface area contributed by atoms with Crippen LogP contribution >= 0.6 is 22.7 Å². The van der Waals surface area contributed by atoms with E-state index in [9.17, 15) is 9.59 Å². The highest BCUT2D eigenvalue weighted by Crippen LogP contribution is 2.26. The Kier molecular flexibility index (Phi) is 4.00. The number of rotatable bonds is 4. The first kappa shape index (κ1) is 14.2. The Morgan fingerprint density at radius 3 is 3.19 bits per heavy atom. The molecule has 0 fully saturated rings. The Hall–Kier alpha value is -1.77. The number of methoxy groups -OCH3 is 1. The number of aromatic nitrogens is 1. The van der Waals surface area contributed by atoms with Crippen molar-refractivity contribution in [2.45, 2.75) is 13.0 Å². The fourth-order valence-electron chi connectivity index (χ4n) is 2.02. The molecule has 0 unspecified atom stereocenters. The number of hydrogen-bond acceptors (Lipinski definition) is 6. The van der Waals surface area contributed by atoms with Gasteiger partial charge in [-0.05, 0) is 17.0 Å². The standard InChI is InChI=1S/C13H13N3O3S2/c1-19-5-7-4-9(20-6-7)11(17)16-13-15-8-2-3-14-12(18)10(8)21-13/h4,6H,2-3,5H2,1H3,(H,14,18)(H,15,16,17). The van der Waals surface area contributed by atoms with Crippen LogP contribution in [0.1, 0.15) is 30.6 Å². The van der Waals surface area contributed by atoms with E-state index in [1.54, 1.807) is 13.2 Å². The van der Waals surface area contributed by atoms with Crippen molar-refractivity contribution in [1.82, 2.24) is 10.3 Å². The molecule has 1 aliphatic rings. The number of nitrogens with one attached hydrogen (secondary N) is 2. The number of thiophene rings is 1. The first-order valence-corrected chi connectivity index (χ1v) is 8.02. The van der Waals surface area contributed by atoms with Crippen molar-refractivity contribution in [3.05, 3.63) is 32.5 Å². The molecule has 21 heavy (non-hydrogen) atoms. The van der Waals surface area contributed by atoms with Gasteiger partial charge in [0.25, 0.3) is 11.8 Å². The highest BCUT2D eigenvalue weighted by atomic mass is 32.1. The summed E-state index contributed by atoms with van der Waals surface area (Å²) >= 11 is 2.57. The number of anilines is 1. The van der Waals surface area contributed by atoms with E-state index in [0.29, 0.717) is 34.5 Å². The molecule has 3 rings (SSSR count). The maximum absolute atomic E-state index is 12.2. The van der Waals surface area contributed by atoms with Gasteiger partial charge >= 0.3 is 0 Å². The zero-order valence-electron chi connectivity index (χ0n) is 11.3. The van der Waals surface area contributed by atoms with Crippen molar-refractivity contribution < 1.29 is 14.3 Å². The van der Waals surface area contributed by atoms with Crippen LogP contribution in [-0.2, 0) is 17.8 Å². The van der Waals surface area contributed by atoms with Crippen LogP contribution in [0.4, 0.5) is 5.13 Å². The van der Waals surface area contributed by atoms with Crippen LogP contribution in [0.5, 0.6) is 0 Å². The van der Waals surface area contributed by atoms with E-state index >= 15 is 0 Å². The van der Waals surface area contributed by atoms with Gasteiger partial charge in [0.1, 0.15) is 4.88 Å². The second-order valence-electron chi connectivity index (χ2n) is 4.51. The van der Waals surface area contributed by atoms with E-state index in [1.807, 2.05) is 5.38 Å². The average Bonchev–Trinajstić information content (AvgIpc) is 3.06. The van der Waals surface area contributed by atoms with Gasteiger partial charge in [0.2, 0.25) is 0 Å². The van der Waals surface area contributed by atoms with Crippen LogP contribution in [0.25, 0.3) is 0 Å². The van der Waals surface area contributed by atoms with E-state index in [1.165, 1.54) is 22.7 Å². The molecule has 0 saturated heterocycles. The summed E-state index contributed by atoms with van der Waals surface area (Å²) in [5.41, 5.74) is 1.72. The second kappa shape index (κ2) is 5.92. The van der Waals surface area contributed by atoms with Crippen LogP contribution < -0.4 is 10.6 Å². The van der Waals surface area contributed by atoms with Gasteiger partial charge in [-0.15, -0.1) is 11.3 Å². The van der Waals surface area contributed by atoms with Crippen molar-refractivity contribution in [2.24, 2.45) is 0 Å². The molecule has 0 spiro atoms. The van der Waals surface area contributed by atoms with E-state index in [0.717, 1.165) is 11.3 Å². The topological polar surface area (TPSA) is 80.3 Å². The molecule has 0 aromatic carbocycles. The van der Waals surface area contributed by atoms with Crippen molar-refractivity contribution in [3.8, 4) is 0 Å². The molecular weight excluding hydrogens is 310 g/mol. The van der Waals surface area contributed by atoms with Gasteiger partial charge in [0, 0.05) is 20.1 Å². The minimum absolute atomic E-state index is 0.118. The first-order chi connectivity index (χ1) is 10.2. The monoisotopic (exact) mass is 323 g/mol. The largest absolute Gasteiger partial charge is 0.380 e. The van der Waals surface area contributed by atoms with E-state index < -0.39 is 0 Å².